The summed E-state index contributed by atoms with van der Waals surface area (Å²) in [6, 6.07) is 2.35. The molecule has 3 nitrogen and oxygen atoms in total. The van der Waals surface area contributed by atoms with Crippen molar-refractivity contribution in [2.24, 2.45) is 5.92 Å². The Bertz CT molecular complexity index is 380. The molecule has 0 saturated heterocycles. The Morgan fingerprint density at radius 1 is 1.28 bits per heavy atom. The number of halogens is 1. The predicted molar refractivity (Wildman–Crippen MR) is 76.2 cm³/mol. The van der Waals surface area contributed by atoms with Crippen LogP contribution in [0.25, 0.3) is 0 Å². The van der Waals surface area contributed by atoms with Crippen LogP contribution in [0.2, 0.25) is 5.02 Å². The highest BCUT2D eigenvalue weighted by atomic mass is 35.5. The van der Waals surface area contributed by atoms with Gasteiger partial charge in [-0.05, 0) is 24.5 Å². The van der Waals surface area contributed by atoms with E-state index in [1.165, 1.54) is 0 Å². The van der Waals surface area contributed by atoms with Gasteiger partial charge in [-0.3, -0.25) is 0 Å². The molecule has 0 spiro atoms. The third-order valence-corrected chi connectivity index (χ3v) is 3.09. The minimum Gasteiger partial charge on any atom is -0.473 e. The molecule has 0 aliphatic carbocycles. The van der Waals surface area contributed by atoms with E-state index in [-0.39, 0.29) is 6.10 Å². The lowest BCUT2D eigenvalue weighted by molar-refractivity contribution is 0.163. The maximum absolute atomic E-state index is 6.18. The molecule has 4 heteroatoms. The van der Waals surface area contributed by atoms with Crippen molar-refractivity contribution in [2.45, 2.75) is 53.3 Å². The molecular weight excluding hydrogens is 248 g/mol. The highest BCUT2D eigenvalue weighted by Crippen LogP contribution is 2.24. The van der Waals surface area contributed by atoms with Gasteiger partial charge in [-0.25, -0.2) is 4.98 Å². The van der Waals surface area contributed by atoms with Crippen LogP contribution in [0.1, 0.15) is 40.2 Å². The smallest absolute Gasteiger partial charge is 0.232 e. The van der Waals surface area contributed by atoms with Crippen LogP contribution in [-0.2, 0) is 6.54 Å². The molecule has 0 aliphatic heterocycles. The van der Waals surface area contributed by atoms with Crippen molar-refractivity contribution in [3.63, 3.8) is 0 Å². The molecule has 102 valence electrons. The van der Waals surface area contributed by atoms with Crippen molar-refractivity contribution in [1.29, 1.82) is 0 Å². The summed E-state index contributed by atoms with van der Waals surface area (Å²) in [5.41, 5.74) is 1.07. The first-order valence-electron chi connectivity index (χ1n) is 6.44. The Kier molecular flexibility index (Phi) is 5.89. The van der Waals surface area contributed by atoms with Gasteiger partial charge in [0.2, 0.25) is 5.88 Å². The molecule has 1 unspecified atom stereocenters. The van der Waals surface area contributed by atoms with E-state index in [4.69, 9.17) is 16.3 Å². The number of pyridine rings is 1. The molecule has 0 saturated carbocycles. The van der Waals surface area contributed by atoms with E-state index in [1.807, 2.05) is 19.2 Å². The zero-order valence-electron chi connectivity index (χ0n) is 11.8. The molecule has 0 aliphatic rings. The minimum atomic E-state index is 0.106. The second kappa shape index (κ2) is 6.95. The molecule has 18 heavy (non-hydrogen) atoms. The molecule has 0 bridgehead atoms. The van der Waals surface area contributed by atoms with Crippen LogP contribution in [0.4, 0.5) is 0 Å². The lowest BCUT2D eigenvalue weighted by Gasteiger charge is -2.18. The SMILES string of the molecule is CC(C)NCc1cnc(OC(C)C(C)C)c(Cl)c1. The van der Waals surface area contributed by atoms with Gasteiger partial charge in [-0.1, -0.05) is 39.3 Å². The fourth-order valence-corrected chi connectivity index (χ4v) is 1.52. The normalized spacial score (nSPS) is 13.1. The summed E-state index contributed by atoms with van der Waals surface area (Å²) >= 11 is 6.18. The molecule has 1 aromatic heterocycles. The number of rotatable bonds is 6. The third-order valence-electron chi connectivity index (χ3n) is 2.81. The number of hydrogen-bond donors (Lipinski definition) is 1. The fourth-order valence-electron chi connectivity index (χ4n) is 1.28. The van der Waals surface area contributed by atoms with Crippen molar-refractivity contribution >= 4 is 11.6 Å². The van der Waals surface area contributed by atoms with E-state index in [9.17, 15) is 0 Å². The van der Waals surface area contributed by atoms with Gasteiger partial charge in [0.05, 0.1) is 6.10 Å². The van der Waals surface area contributed by atoms with Crippen molar-refractivity contribution in [3.8, 4) is 5.88 Å². The van der Waals surface area contributed by atoms with Gasteiger partial charge in [-0.2, -0.15) is 0 Å². The maximum atomic E-state index is 6.18. The van der Waals surface area contributed by atoms with Gasteiger partial charge in [-0.15, -0.1) is 0 Å². The first-order chi connectivity index (χ1) is 8.40. The van der Waals surface area contributed by atoms with Gasteiger partial charge in [0.25, 0.3) is 0 Å². The largest absolute Gasteiger partial charge is 0.473 e. The van der Waals surface area contributed by atoms with Gasteiger partial charge >= 0.3 is 0 Å². The topological polar surface area (TPSA) is 34.2 Å². The molecule has 1 N–H and O–H groups in total. The number of nitrogens with zero attached hydrogens (tertiary/aromatic N) is 1. The van der Waals surface area contributed by atoms with Crippen LogP contribution in [0.15, 0.2) is 12.3 Å². The van der Waals surface area contributed by atoms with E-state index in [0.29, 0.717) is 22.9 Å². The van der Waals surface area contributed by atoms with E-state index in [2.05, 4.69) is 38.0 Å². The predicted octanol–water partition coefficient (Wildman–Crippen LogP) is 3.66. The molecule has 1 atom stereocenters. The highest BCUT2D eigenvalue weighted by molar-refractivity contribution is 6.31. The zero-order valence-corrected chi connectivity index (χ0v) is 12.6. The second-order valence-electron chi connectivity index (χ2n) is 5.23. The van der Waals surface area contributed by atoms with Gasteiger partial charge in [0, 0.05) is 18.8 Å². The van der Waals surface area contributed by atoms with Crippen LogP contribution < -0.4 is 10.1 Å². The van der Waals surface area contributed by atoms with E-state index in [0.717, 1.165) is 12.1 Å². The lowest BCUT2D eigenvalue weighted by Crippen LogP contribution is -2.22. The minimum absolute atomic E-state index is 0.106. The van der Waals surface area contributed by atoms with Crippen LogP contribution >= 0.6 is 11.6 Å². The van der Waals surface area contributed by atoms with Crippen LogP contribution in [0.5, 0.6) is 5.88 Å². The first-order valence-corrected chi connectivity index (χ1v) is 6.82. The number of ether oxygens (including phenoxy) is 1. The molecular formula is C14H23ClN2O. The van der Waals surface area contributed by atoms with Gasteiger partial charge < -0.3 is 10.1 Å². The van der Waals surface area contributed by atoms with Crippen LogP contribution in [-0.4, -0.2) is 17.1 Å². The van der Waals surface area contributed by atoms with Crippen molar-refractivity contribution in [2.75, 3.05) is 0 Å². The third kappa shape index (κ3) is 4.83. The lowest BCUT2D eigenvalue weighted by atomic mass is 10.1. The van der Waals surface area contributed by atoms with Crippen molar-refractivity contribution in [1.82, 2.24) is 10.3 Å². The molecule has 1 aromatic rings. The van der Waals surface area contributed by atoms with Crippen molar-refractivity contribution < 1.29 is 4.74 Å². The van der Waals surface area contributed by atoms with Crippen LogP contribution in [0.3, 0.4) is 0 Å². The number of aromatic nitrogens is 1. The standard InChI is InChI=1S/C14H23ClN2O/c1-9(2)11(5)18-14-13(15)6-12(8-17-14)7-16-10(3)4/h6,8-11,16H,7H2,1-5H3. The average molecular weight is 271 g/mol. The highest BCUT2D eigenvalue weighted by Gasteiger charge is 2.12. The fraction of sp³-hybridized carbons (Fsp3) is 0.643. The summed E-state index contributed by atoms with van der Waals surface area (Å²) in [4.78, 5) is 4.28. The summed E-state index contributed by atoms with van der Waals surface area (Å²) in [7, 11) is 0. The molecule has 0 fully saturated rings. The van der Waals surface area contributed by atoms with Crippen LogP contribution in [0, 0.1) is 5.92 Å². The molecule has 0 amide bonds. The molecule has 0 aromatic carbocycles. The Morgan fingerprint density at radius 2 is 1.94 bits per heavy atom. The second-order valence-corrected chi connectivity index (χ2v) is 5.64. The summed E-state index contributed by atoms with van der Waals surface area (Å²) < 4.78 is 5.72. The average Bonchev–Trinajstić information content (AvgIpc) is 2.29. The summed E-state index contributed by atoms with van der Waals surface area (Å²) in [5.74, 6) is 0.955. The number of hydrogen-bond acceptors (Lipinski definition) is 3. The van der Waals surface area contributed by atoms with Gasteiger partial charge in [0.15, 0.2) is 0 Å². The summed E-state index contributed by atoms with van der Waals surface area (Å²) in [6.45, 7) is 11.2. The monoisotopic (exact) mass is 270 g/mol. The van der Waals surface area contributed by atoms with Crippen molar-refractivity contribution in [3.05, 3.63) is 22.8 Å². The van der Waals surface area contributed by atoms with E-state index in [1.54, 1.807) is 0 Å². The zero-order chi connectivity index (χ0) is 13.7. The Morgan fingerprint density at radius 3 is 2.44 bits per heavy atom. The quantitative estimate of drug-likeness (QED) is 0.857. The van der Waals surface area contributed by atoms with Gasteiger partial charge in [0.1, 0.15) is 5.02 Å². The Hall–Kier alpha value is -0.800. The first kappa shape index (κ1) is 15.3. The van der Waals surface area contributed by atoms with E-state index < -0.39 is 0 Å². The Labute approximate surface area is 115 Å². The maximum Gasteiger partial charge on any atom is 0.232 e. The Balaban J connectivity index is 2.67. The molecule has 0 radical (unpaired) electrons. The summed E-state index contributed by atoms with van der Waals surface area (Å²) in [6.07, 6.45) is 1.92. The molecule has 1 heterocycles. The summed E-state index contributed by atoms with van der Waals surface area (Å²) in [5, 5.41) is 3.90. The van der Waals surface area contributed by atoms with E-state index >= 15 is 0 Å². The molecule has 1 rings (SSSR count). The number of nitrogens with one attached hydrogen (secondary N) is 1.